The van der Waals surface area contributed by atoms with E-state index in [1.165, 1.54) is 0 Å². The van der Waals surface area contributed by atoms with Crippen molar-refractivity contribution in [1.82, 2.24) is 0 Å². The van der Waals surface area contributed by atoms with Crippen LogP contribution in [0.1, 0.15) is 5.56 Å². The molecule has 24 heavy (non-hydrogen) atoms. The molecule has 0 saturated carbocycles. The van der Waals surface area contributed by atoms with Gasteiger partial charge in [-0.2, -0.15) is 0 Å². The van der Waals surface area contributed by atoms with Gasteiger partial charge in [0.1, 0.15) is 18.3 Å². The molecule has 0 radical (unpaired) electrons. The number of benzene rings is 1. The van der Waals surface area contributed by atoms with Crippen molar-refractivity contribution in [1.29, 1.82) is 0 Å². The summed E-state index contributed by atoms with van der Waals surface area (Å²) < 4.78 is 20.4. The number of rotatable bonds is 6. The minimum atomic E-state index is -4.90. The number of ether oxygens (including phenoxy) is 1. The van der Waals surface area contributed by atoms with Crippen LogP contribution < -0.4 is 39.4 Å². The van der Waals surface area contributed by atoms with E-state index >= 15 is 0 Å². The third-order valence-corrected chi connectivity index (χ3v) is 4.23. The first-order valence-corrected chi connectivity index (χ1v) is 8.64. The number of hydrogen-bond donors (Lipinski definition) is 3. The zero-order chi connectivity index (χ0) is 17.2. The molecule has 0 amide bonds. The Bertz CT molecular complexity index is 582. The summed E-state index contributed by atoms with van der Waals surface area (Å²) in [5.74, 6) is 0. The molecule has 1 aromatic rings. The normalized spacial score (nSPS) is 28.9. The molecule has 10 heteroatoms. The van der Waals surface area contributed by atoms with Crippen LogP contribution in [0.25, 0.3) is 0 Å². The van der Waals surface area contributed by atoms with Crippen molar-refractivity contribution in [3.8, 4) is 0 Å². The van der Waals surface area contributed by atoms with Gasteiger partial charge in [-0.25, -0.2) is 0 Å². The van der Waals surface area contributed by atoms with E-state index in [1.54, 1.807) is 0 Å². The molecule has 0 aliphatic carbocycles. The third kappa shape index (κ3) is 5.78. The maximum atomic E-state index is 10.6. The molecule has 1 saturated heterocycles. The van der Waals surface area contributed by atoms with Crippen LogP contribution in [0.15, 0.2) is 24.3 Å². The molecule has 130 valence electrons. The van der Waals surface area contributed by atoms with E-state index in [1.807, 2.05) is 43.3 Å². The van der Waals surface area contributed by atoms with Crippen molar-refractivity contribution in [3.05, 3.63) is 29.8 Å². The maximum absolute atomic E-state index is 10.6. The van der Waals surface area contributed by atoms with Crippen LogP contribution in [0.3, 0.4) is 0 Å². The first-order chi connectivity index (χ1) is 10.7. The van der Waals surface area contributed by atoms with Crippen LogP contribution >= 0.6 is 7.82 Å². The Balaban J connectivity index is 0.00000288. The Morgan fingerprint density at radius 1 is 1.25 bits per heavy atom. The van der Waals surface area contributed by atoms with Gasteiger partial charge in [0.15, 0.2) is 0 Å². The van der Waals surface area contributed by atoms with E-state index in [2.05, 4.69) is 4.52 Å². The maximum Gasteiger partial charge on any atom is 1.00 e. The van der Waals surface area contributed by atoms with Crippen LogP contribution in [-0.4, -0.2) is 60.2 Å². The fraction of sp³-hybridized carbons (Fsp3) is 0.571. The molecule has 1 aliphatic rings. The van der Waals surface area contributed by atoms with E-state index in [4.69, 9.17) is 9.63 Å². The molecule has 1 aromatic carbocycles. The van der Waals surface area contributed by atoms with Crippen LogP contribution in [0.5, 0.6) is 0 Å². The third-order valence-electron chi connectivity index (χ3n) is 3.76. The van der Waals surface area contributed by atoms with Crippen molar-refractivity contribution in [3.63, 3.8) is 0 Å². The number of phosphoric acid groups is 1. The minimum absolute atomic E-state index is 0. The SMILES string of the molecule is CN(C)c1ccccc1C[C@@H]1O[C@H](COP(=O)([O-])O)[C@@H](O)[C@H]1O.[Na+]. The Kier molecular flexibility index (Phi) is 8.36. The van der Waals surface area contributed by atoms with Gasteiger partial charge in [0.2, 0.25) is 0 Å². The van der Waals surface area contributed by atoms with Crippen LogP contribution in [0, 0.1) is 0 Å². The first-order valence-electron chi connectivity index (χ1n) is 7.14. The van der Waals surface area contributed by atoms with Crippen molar-refractivity contribution < 1.29 is 63.4 Å². The molecular weight excluding hydrogens is 348 g/mol. The standard InChI is InChI=1S/C14H22NO7P.Na/c1-15(2)10-6-4-3-5-9(10)7-11-13(16)14(17)12(22-11)8-21-23(18,19)20;/h3-6,11-14,16-17H,7-8H2,1-2H3,(H2,18,19,20);/q;+1/p-1/t11-,12+,13-,14+;/m0./s1. The van der Waals surface area contributed by atoms with Crippen molar-refractivity contribution in [2.75, 3.05) is 25.6 Å². The largest absolute Gasteiger partial charge is 1.00 e. The summed E-state index contributed by atoms with van der Waals surface area (Å²) in [5, 5.41) is 20.0. The molecule has 8 nitrogen and oxygen atoms in total. The second-order valence-corrected chi connectivity index (χ2v) is 6.88. The predicted octanol–water partition coefficient (Wildman–Crippen LogP) is -3.73. The minimum Gasteiger partial charge on any atom is -0.756 e. The fourth-order valence-electron chi connectivity index (χ4n) is 2.64. The van der Waals surface area contributed by atoms with Gasteiger partial charge in [0, 0.05) is 26.2 Å². The Hall–Kier alpha value is 0.01000. The summed E-state index contributed by atoms with van der Waals surface area (Å²) in [5.41, 5.74) is 1.88. The summed E-state index contributed by atoms with van der Waals surface area (Å²) in [6.45, 7) is -0.554. The molecule has 0 aromatic heterocycles. The van der Waals surface area contributed by atoms with Gasteiger partial charge in [-0.05, 0) is 11.6 Å². The Labute approximate surface area is 162 Å². The van der Waals surface area contributed by atoms with E-state index in [0.29, 0.717) is 6.42 Å². The summed E-state index contributed by atoms with van der Waals surface area (Å²) in [6.07, 6.45) is -3.86. The molecule has 3 N–H and O–H groups in total. The molecular formula is C14H21NNaO7P. The molecule has 2 rings (SSSR count). The molecule has 1 heterocycles. The number of hydrogen-bond acceptors (Lipinski definition) is 7. The Morgan fingerprint density at radius 2 is 1.83 bits per heavy atom. The molecule has 1 unspecified atom stereocenters. The van der Waals surface area contributed by atoms with Gasteiger partial charge in [-0.3, -0.25) is 4.57 Å². The summed E-state index contributed by atoms with van der Waals surface area (Å²) in [6, 6.07) is 7.57. The van der Waals surface area contributed by atoms with Crippen LogP contribution in [-0.2, 0) is 20.2 Å². The zero-order valence-corrected chi connectivity index (χ0v) is 16.8. The van der Waals surface area contributed by atoms with Crippen LogP contribution in [0.4, 0.5) is 5.69 Å². The number of anilines is 1. The van der Waals surface area contributed by atoms with Gasteiger partial charge in [-0.15, -0.1) is 0 Å². The summed E-state index contributed by atoms with van der Waals surface area (Å²) in [7, 11) is -1.12. The monoisotopic (exact) mass is 369 g/mol. The van der Waals surface area contributed by atoms with Gasteiger partial charge in [-0.1, -0.05) is 18.2 Å². The number of aliphatic hydroxyl groups excluding tert-OH is 2. The topological polar surface area (TPSA) is 123 Å². The van der Waals surface area contributed by atoms with Gasteiger partial charge < -0.3 is 34.2 Å². The first kappa shape index (κ1) is 22.1. The number of para-hydroxylation sites is 1. The number of aliphatic hydroxyl groups is 2. The average molecular weight is 369 g/mol. The quantitative estimate of drug-likeness (QED) is 0.346. The van der Waals surface area contributed by atoms with E-state index < -0.39 is 38.8 Å². The second-order valence-electron chi connectivity index (χ2n) is 5.69. The van der Waals surface area contributed by atoms with E-state index in [0.717, 1.165) is 11.3 Å². The fourth-order valence-corrected chi connectivity index (χ4v) is 2.97. The number of phosphoric ester groups is 1. The summed E-state index contributed by atoms with van der Waals surface area (Å²) in [4.78, 5) is 21.1. The zero-order valence-electron chi connectivity index (χ0n) is 13.9. The second kappa shape index (κ2) is 9.09. The van der Waals surface area contributed by atoms with E-state index in [9.17, 15) is 19.7 Å². The average Bonchev–Trinajstić information content (AvgIpc) is 2.73. The molecule has 0 spiro atoms. The number of nitrogens with zero attached hydrogens (tertiary/aromatic N) is 1. The van der Waals surface area contributed by atoms with Crippen LogP contribution in [0.2, 0.25) is 0 Å². The molecule has 1 fully saturated rings. The predicted molar refractivity (Wildman–Crippen MR) is 80.9 cm³/mol. The van der Waals surface area contributed by atoms with Gasteiger partial charge in [0.25, 0.3) is 7.82 Å². The van der Waals surface area contributed by atoms with Crippen molar-refractivity contribution in [2.24, 2.45) is 0 Å². The van der Waals surface area contributed by atoms with Crippen molar-refractivity contribution >= 4 is 13.5 Å². The van der Waals surface area contributed by atoms with Gasteiger partial charge in [0.05, 0.1) is 12.7 Å². The van der Waals surface area contributed by atoms with Gasteiger partial charge >= 0.3 is 29.6 Å². The molecule has 1 aliphatic heterocycles. The van der Waals surface area contributed by atoms with Crippen molar-refractivity contribution in [2.45, 2.75) is 30.8 Å². The van der Waals surface area contributed by atoms with E-state index in [-0.39, 0.29) is 29.6 Å². The Morgan fingerprint density at radius 3 is 2.42 bits per heavy atom. The smallest absolute Gasteiger partial charge is 0.756 e. The molecule has 0 bridgehead atoms. The summed E-state index contributed by atoms with van der Waals surface area (Å²) >= 11 is 0. The molecule has 5 atom stereocenters.